The number of hydrogen-bond acceptors (Lipinski definition) is 4. The van der Waals surface area contributed by atoms with Crippen molar-refractivity contribution in [3.63, 3.8) is 0 Å². The zero-order valence-corrected chi connectivity index (χ0v) is 15.0. The number of benzene rings is 1. The van der Waals surface area contributed by atoms with Gasteiger partial charge in [0.2, 0.25) is 5.91 Å². The van der Waals surface area contributed by atoms with Crippen LogP contribution in [-0.2, 0) is 14.3 Å². The predicted molar refractivity (Wildman–Crippen MR) is 96.4 cm³/mol. The SMILES string of the molecule is Cc1ccccc1NC(=O)[C@@H](C)N1CCN(C(=O)[C@@H]2CCCO2)CC1. The van der Waals surface area contributed by atoms with Gasteiger partial charge in [0.05, 0.1) is 6.04 Å². The lowest BCUT2D eigenvalue weighted by Crippen LogP contribution is -2.55. The first-order chi connectivity index (χ1) is 12.1. The van der Waals surface area contributed by atoms with Crippen molar-refractivity contribution >= 4 is 17.5 Å². The molecule has 0 aromatic heterocycles. The molecule has 136 valence electrons. The van der Waals surface area contributed by atoms with Crippen LogP contribution in [0.15, 0.2) is 24.3 Å². The molecule has 2 aliphatic heterocycles. The van der Waals surface area contributed by atoms with E-state index in [0.717, 1.165) is 24.1 Å². The second-order valence-corrected chi connectivity index (χ2v) is 6.84. The Balaban J connectivity index is 1.50. The maximum Gasteiger partial charge on any atom is 0.251 e. The van der Waals surface area contributed by atoms with Gasteiger partial charge >= 0.3 is 0 Å². The number of carbonyl (C=O) groups excluding carboxylic acids is 2. The van der Waals surface area contributed by atoms with Crippen LogP contribution in [0.1, 0.15) is 25.3 Å². The monoisotopic (exact) mass is 345 g/mol. The van der Waals surface area contributed by atoms with Crippen molar-refractivity contribution in [3.8, 4) is 0 Å². The van der Waals surface area contributed by atoms with Gasteiger partial charge in [0.25, 0.3) is 5.91 Å². The van der Waals surface area contributed by atoms with Gasteiger partial charge in [-0.15, -0.1) is 0 Å². The minimum absolute atomic E-state index is 0.00629. The van der Waals surface area contributed by atoms with Gasteiger partial charge in [-0.05, 0) is 38.3 Å². The summed E-state index contributed by atoms with van der Waals surface area (Å²) in [5.74, 6) is 0.0994. The fourth-order valence-corrected chi connectivity index (χ4v) is 3.42. The van der Waals surface area contributed by atoms with Gasteiger partial charge < -0.3 is 15.0 Å². The summed E-state index contributed by atoms with van der Waals surface area (Å²) in [7, 11) is 0. The molecule has 0 bridgehead atoms. The van der Waals surface area contributed by atoms with E-state index >= 15 is 0 Å². The number of rotatable bonds is 4. The van der Waals surface area contributed by atoms with E-state index < -0.39 is 0 Å². The zero-order valence-electron chi connectivity index (χ0n) is 15.0. The molecule has 0 radical (unpaired) electrons. The fourth-order valence-electron chi connectivity index (χ4n) is 3.42. The van der Waals surface area contributed by atoms with Crippen LogP contribution in [0.25, 0.3) is 0 Å². The normalized spacial score (nSPS) is 22.6. The van der Waals surface area contributed by atoms with E-state index in [1.54, 1.807) is 0 Å². The van der Waals surface area contributed by atoms with E-state index in [1.165, 1.54) is 0 Å². The molecule has 0 spiro atoms. The molecule has 2 fully saturated rings. The van der Waals surface area contributed by atoms with E-state index in [-0.39, 0.29) is 24.0 Å². The lowest BCUT2D eigenvalue weighted by molar-refractivity contribution is -0.143. The van der Waals surface area contributed by atoms with Gasteiger partial charge in [-0.1, -0.05) is 18.2 Å². The van der Waals surface area contributed by atoms with Gasteiger partial charge in [0, 0.05) is 38.5 Å². The van der Waals surface area contributed by atoms with Crippen LogP contribution >= 0.6 is 0 Å². The van der Waals surface area contributed by atoms with Gasteiger partial charge in [-0.25, -0.2) is 0 Å². The molecule has 3 rings (SSSR count). The van der Waals surface area contributed by atoms with Gasteiger partial charge in [-0.3, -0.25) is 14.5 Å². The average Bonchev–Trinajstić information content (AvgIpc) is 3.17. The average molecular weight is 345 g/mol. The van der Waals surface area contributed by atoms with Gasteiger partial charge in [0.1, 0.15) is 6.10 Å². The quantitative estimate of drug-likeness (QED) is 0.901. The van der Waals surface area contributed by atoms with Crippen LogP contribution in [0.5, 0.6) is 0 Å². The number of hydrogen-bond donors (Lipinski definition) is 1. The molecule has 25 heavy (non-hydrogen) atoms. The summed E-state index contributed by atoms with van der Waals surface area (Å²) in [5.41, 5.74) is 1.90. The summed E-state index contributed by atoms with van der Waals surface area (Å²) >= 11 is 0. The van der Waals surface area contributed by atoms with Crippen LogP contribution in [0.4, 0.5) is 5.69 Å². The number of para-hydroxylation sites is 1. The number of ether oxygens (including phenoxy) is 1. The molecule has 2 aliphatic rings. The molecular weight excluding hydrogens is 318 g/mol. The van der Waals surface area contributed by atoms with E-state index in [2.05, 4.69) is 10.2 Å². The summed E-state index contributed by atoms with van der Waals surface area (Å²) in [6, 6.07) is 7.55. The Morgan fingerprint density at radius 3 is 2.56 bits per heavy atom. The Morgan fingerprint density at radius 1 is 1.20 bits per heavy atom. The number of amides is 2. The van der Waals surface area contributed by atoms with E-state index in [9.17, 15) is 9.59 Å². The molecule has 2 amide bonds. The Bertz CT molecular complexity index is 620. The minimum Gasteiger partial charge on any atom is -0.368 e. The van der Waals surface area contributed by atoms with Crippen molar-refractivity contribution in [1.29, 1.82) is 0 Å². The summed E-state index contributed by atoms with van der Waals surface area (Å²) in [6.45, 7) is 7.32. The molecule has 1 N–H and O–H groups in total. The highest BCUT2D eigenvalue weighted by molar-refractivity contribution is 5.95. The first-order valence-corrected chi connectivity index (χ1v) is 9.07. The Hall–Kier alpha value is -1.92. The number of piperazine rings is 1. The number of anilines is 1. The lowest BCUT2D eigenvalue weighted by atomic mass is 10.1. The van der Waals surface area contributed by atoms with Crippen LogP contribution < -0.4 is 5.32 Å². The molecule has 2 atom stereocenters. The van der Waals surface area contributed by atoms with E-state index in [4.69, 9.17) is 4.74 Å². The highest BCUT2D eigenvalue weighted by Gasteiger charge is 2.32. The van der Waals surface area contributed by atoms with Crippen LogP contribution in [0, 0.1) is 6.92 Å². The van der Waals surface area contributed by atoms with Crippen molar-refractivity contribution in [1.82, 2.24) is 9.80 Å². The summed E-state index contributed by atoms with van der Waals surface area (Å²) in [6.07, 6.45) is 1.54. The summed E-state index contributed by atoms with van der Waals surface area (Å²) in [4.78, 5) is 28.9. The first-order valence-electron chi connectivity index (χ1n) is 9.07. The van der Waals surface area contributed by atoms with Crippen molar-refractivity contribution in [2.75, 3.05) is 38.1 Å². The number of aryl methyl sites for hydroxylation is 1. The highest BCUT2D eigenvalue weighted by Crippen LogP contribution is 2.18. The molecule has 0 unspecified atom stereocenters. The van der Waals surface area contributed by atoms with Gasteiger partial charge in [-0.2, -0.15) is 0 Å². The molecule has 2 heterocycles. The number of nitrogens with one attached hydrogen (secondary N) is 1. The predicted octanol–water partition coefficient (Wildman–Crippen LogP) is 1.65. The highest BCUT2D eigenvalue weighted by atomic mass is 16.5. The van der Waals surface area contributed by atoms with E-state index in [0.29, 0.717) is 32.8 Å². The van der Waals surface area contributed by atoms with Crippen LogP contribution in [0.2, 0.25) is 0 Å². The fraction of sp³-hybridized carbons (Fsp3) is 0.579. The molecule has 0 aliphatic carbocycles. The van der Waals surface area contributed by atoms with Gasteiger partial charge in [0.15, 0.2) is 0 Å². The first kappa shape index (κ1) is 17.9. The van der Waals surface area contributed by atoms with E-state index in [1.807, 2.05) is 43.0 Å². The second kappa shape index (κ2) is 7.97. The van der Waals surface area contributed by atoms with Crippen molar-refractivity contribution < 1.29 is 14.3 Å². The van der Waals surface area contributed by atoms with Crippen molar-refractivity contribution in [3.05, 3.63) is 29.8 Å². The minimum atomic E-state index is -0.256. The third kappa shape index (κ3) is 4.19. The molecule has 6 nitrogen and oxygen atoms in total. The molecule has 2 saturated heterocycles. The number of nitrogens with zero attached hydrogens (tertiary/aromatic N) is 2. The molecule has 1 aromatic rings. The maximum absolute atomic E-state index is 12.5. The zero-order chi connectivity index (χ0) is 17.8. The molecule has 1 aromatic carbocycles. The van der Waals surface area contributed by atoms with Crippen molar-refractivity contribution in [2.45, 2.75) is 38.8 Å². The summed E-state index contributed by atoms with van der Waals surface area (Å²) in [5, 5.41) is 3.00. The number of carbonyl (C=O) groups is 2. The maximum atomic E-state index is 12.5. The third-order valence-electron chi connectivity index (χ3n) is 5.16. The van der Waals surface area contributed by atoms with Crippen molar-refractivity contribution in [2.24, 2.45) is 0 Å². The van der Waals surface area contributed by atoms with Crippen LogP contribution in [-0.4, -0.2) is 66.5 Å². The molecule has 0 saturated carbocycles. The largest absolute Gasteiger partial charge is 0.368 e. The molecule has 6 heteroatoms. The third-order valence-corrected chi connectivity index (χ3v) is 5.16. The Kier molecular flexibility index (Phi) is 5.71. The Labute approximate surface area is 149 Å². The topological polar surface area (TPSA) is 61.9 Å². The second-order valence-electron chi connectivity index (χ2n) is 6.84. The molecular formula is C19H27N3O3. The smallest absolute Gasteiger partial charge is 0.251 e. The standard InChI is InChI=1S/C19H27N3O3/c1-14-6-3-4-7-16(14)20-18(23)15(2)21-9-11-22(12-10-21)19(24)17-8-5-13-25-17/h3-4,6-7,15,17H,5,8-13H2,1-2H3,(H,20,23)/t15-,17+/m1/s1. The Morgan fingerprint density at radius 2 is 1.92 bits per heavy atom. The lowest BCUT2D eigenvalue weighted by Gasteiger charge is -2.38. The summed E-state index contributed by atoms with van der Waals surface area (Å²) < 4.78 is 5.49. The van der Waals surface area contributed by atoms with Crippen LogP contribution in [0.3, 0.4) is 0 Å².